The van der Waals surface area contributed by atoms with Gasteiger partial charge in [-0.1, -0.05) is 42.5 Å². The smallest absolute Gasteiger partial charge is 0.250 e. The molecule has 11 heteroatoms. The van der Waals surface area contributed by atoms with Crippen LogP contribution in [0.2, 0.25) is 0 Å². The first-order valence-corrected chi connectivity index (χ1v) is 12.0. The summed E-state index contributed by atoms with van der Waals surface area (Å²) in [4.78, 5) is 44.2. The SMILES string of the molecule is CN(C)C(=O)C(c1ccc(F)cc1)n1cnc(NC(=O)C(COCc2ccccc2)NC(=O)C(C)(C)N)c1. The molecular weight excluding hydrogens is 491 g/mol. The van der Waals surface area contributed by atoms with E-state index in [1.165, 1.54) is 60.1 Å². The Labute approximate surface area is 221 Å². The van der Waals surface area contributed by atoms with E-state index in [1.54, 1.807) is 14.1 Å². The Morgan fingerprint density at radius 2 is 1.76 bits per heavy atom. The summed E-state index contributed by atoms with van der Waals surface area (Å²) in [6, 6.07) is 13.1. The first kappa shape index (κ1) is 28.5. The lowest BCUT2D eigenvalue weighted by Gasteiger charge is -2.23. The number of anilines is 1. The van der Waals surface area contributed by atoms with Crippen molar-refractivity contribution in [2.24, 2.45) is 5.73 Å². The van der Waals surface area contributed by atoms with Crippen LogP contribution in [0, 0.1) is 5.82 Å². The van der Waals surface area contributed by atoms with Gasteiger partial charge in [0.15, 0.2) is 5.82 Å². The molecule has 3 rings (SSSR count). The molecule has 3 aromatic rings. The van der Waals surface area contributed by atoms with Gasteiger partial charge in [0.05, 0.1) is 25.1 Å². The molecule has 10 nitrogen and oxygen atoms in total. The fourth-order valence-corrected chi connectivity index (χ4v) is 3.48. The number of likely N-dealkylation sites (N-methyl/N-ethyl adjacent to an activating group) is 1. The molecular formula is C27H33FN6O4. The summed E-state index contributed by atoms with van der Waals surface area (Å²) in [6.07, 6.45) is 2.89. The summed E-state index contributed by atoms with van der Waals surface area (Å²) in [5, 5.41) is 5.29. The summed E-state index contributed by atoms with van der Waals surface area (Å²) in [5.74, 6) is -1.64. The predicted molar refractivity (Wildman–Crippen MR) is 140 cm³/mol. The molecule has 0 aliphatic rings. The Kier molecular flexibility index (Phi) is 9.32. The number of ether oxygens (including phenoxy) is 1. The van der Waals surface area contributed by atoms with E-state index in [0.717, 1.165) is 5.56 Å². The van der Waals surface area contributed by atoms with Gasteiger partial charge in [0.2, 0.25) is 11.8 Å². The van der Waals surface area contributed by atoms with Crippen molar-refractivity contribution in [3.8, 4) is 0 Å². The monoisotopic (exact) mass is 524 g/mol. The third-order valence-electron chi connectivity index (χ3n) is 5.61. The number of amides is 3. The Hall–Kier alpha value is -4.09. The number of carbonyl (C=O) groups is 3. The third kappa shape index (κ3) is 7.70. The second kappa shape index (κ2) is 12.4. The Morgan fingerprint density at radius 3 is 2.37 bits per heavy atom. The second-order valence-electron chi connectivity index (χ2n) is 9.63. The number of rotatable bonds is 11. The lowest BCUT2D eigenvalue weighted by molar-refractivity contribution is -0.131. The maximum Gasteiger partial charge on any atom is 0.250 e. The summed E-state index contributed by atoms with van der Waals surface area (Å²) in [5.41, 5.74) is 6.14. The highest BCUT2D eigenvalue weighted by Gasteiger charge is 2.29. The van der Waals surface area contributed by atoms with Crippen LogP contribution in [-0.4, -0.2) is 64.5 Å². The average Bonchev–Trinajstić information content (AvgIpc) is 3.32. The quantitative estimate of drug-likeness (QED) is 0.352. The average molecular weight is 525 g/mol. The largest absolute Gasteiger partial charge is 0.374 e. The van der Waals surface area contributed by atoms with Crippen molar-refractivity contribution in [1.82, 2.24) is 19.8 Å². The molecule has 0 bridgehead atoms. The number of nitrogens with one attached hydrogen (secondary N) is 2. The van der Waals surface area contributed by atoms with Crippen molar-refractivity contribution in [3.05, 3.63) is 84.1 Å². The van der Waals surface area contributed by atoms with Crippen molar-refractivity contribution in [2.75, 3.05) is 26.0 Å². The van der Waals surface area contributed by atoms with Crippen LogP contribution >= 0.6 is 0 Å². The summed E-state index contributed by atoms with van der Waals surface area (Å²) < 4.78 is 20.7. The highest BCUT2D eigenvalue weighted by molar-refractivity contribution is 5.98. The molecule has 38 heavy (non-hydrogen) atoms. The number of benzene rings is 2. The van der Waals surface area contributed by atoms with Gasteiger partial charge >= 0.3 is 0 Å². The number of imidazole rings is 1. The van der Waals surface area contributed by atoms with E-state index in [9.17, 15) is 18.8 Å². The first-order valence-electron chi connectivity index (χ1n) is 12.0. The van der Waals surface area contributed by atoms with Crippen LogP contribution in [0.25, 0.3) is 0 Å². The molecule has 2 atom stereocenters. The zero-order valence-electron chi connectivity index (χ0n) is 21.8. The normalized spacial score (nSPS) is 12.9. The fourth-order valence-electron chi connectivity index (χ4n) is 3.48. The van der Waals surface area contributed by atoms with E-state index in [0.29, 0.717) is 5.56 Å². The van der Waals surface area contributed by atoms with Gasteiger partial charge in [-0.05, 0) is 37.1 Å². The zero-order chi connectivity index (χ0) is 27.9. The molecule has 0 fully saturated rings. The van der Waals surface area contributed by atoms with Crippen LogP contribution in [0.5, 0.6) is 0 Å². The molecule has 4 N–H and O–H groups in total. The van der Waals surface area contributed by atoms with Crippen molar-refractivity contribution in [1.29, 1.82) is 0 Å². The van der Waals surface area contributed by atoms with E-state index in [2.05, 4.69) is 15.6 Å². The minimum atomic E-state index is -1.21. The Bertz CT molecular complexity index is 1240. The predicted octanol–water partition coefficient (Wildman–Crippen LogP) is 2.08. The molecule has 0 saturated carbocycles. The van der Waals surface area contributed by atoms with Crippen LogP contribution in [-0.2, 0) is 25.7 Å². The minimum absolute atomic E-state index is 0.111. The van der Waals surface area contributed by atoms with Gasteiger partial charge < -0.3 is 30.6 Å². The molecule has 1 aromatic heterocycles. The van der Waals surface area contributed by atoms with E-state index in [-0.39, 0.29) is 24.9 Å². The number of carbonyl (C=O) groups excluding carboxylic acids is 3. The van der Waals surface area contributed by atoms with Crippen LogP contribution in [0.3, 0.4) is 0 Å². The van der Waals surface area contributed by atoms with Crippen molar-refractivity contribution in [2.45, 2.75) is 38.1 Å². The van der Waals surface area contributed by atoms with E-state index in [1.807, 2.05) is 30.3 Å². The van der Waals surface area contributed by atoms with Crippen LogP contribution in [0.4, 0.5) is 10.2 Å². The summed E-state index contributed by atoms with van der Waals surface area (Å²) in [7, 11) is 3.22. The van der Waals surface area contributed by atoms with Crippen LogP contribution in [0.15, 0.2) is 67.1 Å². The van der Waals surface area contributed by atoms with Gasteiger partial charge in [-0.25, -0.2) is 9.37 Å². The summed E-state index contributed by atoms with van der Waals surface area (Å²) >= 11 is 0. The van der Waals surface area contributed by atoms with Gasteiger partial charge in [-0.15, -0.1) is 0 Å². The van der Waals surface area contributed by atoms with E-state index < -0.39 is 35.3 Å². The molecule has 0 saturated heterocycles. The topological polar surface area (TPSA) is 132 Å². The number of halogens is 1. The number of aromatic nitrogens is 2. The molecule has 3 amide bonds. The van der Waals surface area contributed by atoms with Gasteiger partial charge in [0, 0.05) is 20.3 Å². The second-order valence-corrected chi connectivity index (χ2v) is 9.63. The van der Waals surface area contributed by atoms with Crippen LogP contribution in [0.1, 0.15) is 31.0 Å². The minimum Gasteiger partial charge on any atom is -0.374 e. The Balaban J connectivity index is 1.77. The Morgan fingerprint density at radius 1 is 1.11 bits per heavy atom. The highest BCUT2D eigenvalue weighted by Crippen LogP contribution is 2.22. The highest BCUT2D eigenvalue weighted by atomic mass is 19.1. The fraction of sp³-hybridized carbons (Fsp3) is 0.333. The van der Waals surface area contributed by atoms with Crippen LogP contribution < -0.4 is 16.4 Å². The molecule has 2 unspecified atom stereocenters. The zero-order valence-corrected chi connectivity index (χ0v) is 21.8. The van der Waals surface area contributed by atoms with Gasteiger partial charge in [-0.2, -0.15) is 0 Å². The number of nitrogens with two attached hydrogens (primary N) is 1. The molecule has 2 aromatic carbocycles. The lowest BCUT2D eigenvalue weighted by Crippen LogP contribution is -2.56. The number of hydrogen-bond acceptors (Lipinski definition) is 6. The van der Waals surface area contributed by atoms with Gasteiger partial charge in [0.1, 0.15) is 17.9 Å². The molecule has 202 valence electrons. The lowest BCUT2D eigenvalue weighted by atomic mass is 10.1. The van der Waals surface area contributed by atoms with Crippen molar-refractivity contribution >= 4 is 23.5 Å². The molecule has 1 heterocycles. The van der Waals surface area contributed by atoms with Crippen molar-refractivity contribution in [3.63, 3.8) is 0 Å². The first-order chi connectivity index (χ1) is 18.0. The van der Waals surface area contributed by atoms with E-state index >= 15 is 0 Å². The van der Waals surface area contributed by atoms with Gasteiger partial charge in [0.25, 0.3) is 5.91 Å². The van der Waals surface area contributed by atoms with Crippen molar-refractivity contribution < 1.29 is 23.5 Å². The number of hydrogen-bond donors (Lipinski definition) is 3. The molecule has 0 radical (unpaired) electrons. The molecule has 0 aliphatic carbocycles. The standard InChI is InChI=1S/C27H33FN6O4/c1-27(2,29)26(37)31-21(16-38-15-18-8-6-5-7-9-18)24(35)32-22-14-34(17-30-22)23(25(36)33(3)4)19-10-12-20(28)13-11-19/h5-14,17,21,23H,15-16,29H2,1-4H3,(H,31,37)(H,32,35). The van der Waals surface area contributed by atoms with Gasteiger partial charge in [-0.3, -0.25) is 14.4 Å². The maximum atomic E-state index is 13.5. The number of nitrogens with zero attached hydrogens (tertiary/aromatic N) is 3. The molecule has 0 aliphatic heterocycles. The summed E-state index contributed by atoms with van der Waals surface area (Å²) in [6.45, 7) is 3.19. The third-order valence-corrected chi connectivity index (χ3v) is 5.61. The van der Waals surface area contributed by atoms with E-state index in [4.69, 9.17) is 10.5 Å². The molecule has 0 spiro atoms. The maximum absolute atomic E-state index is 13.5.